The predicted octanol–water partition coefficient (Wildman–Crippen LogP) is 4.89. The number of likely N-dealkylation sites (N-methyl/N-ethyl adjacent to an activating group) is 2. The molecule has 4 rings (SSSR count). The molecule has 0 radical (unpaired) electrons. The van der Waals surface area contributed by atoms with Gasteiger partial charge in [-0.25, -0.2) is 13.1 Å². The van der Waals surface area contributed by atoms with Gasteiger partial charge in [-0.1, -0.05) is 49.9 Å². The van der Waals surface area contributed by atoms with Crippen LogP contribution >= 0.6 is 12.1 Å². The largest absolute Gasteiger partial charge is 0.304 e. The smallest absolute Gasteiger partial charge is 0.278 e. The molecule has 0 aliphatic carbocycles. The van der Waals surface area contributed by atoms with Crippen molar-refractivity contribution in [3.63, 3.8) is 0 Å². The Kier molecular flexibility index (Phi) is 10.2. The third-order valence-corrected chi connectivity index (χ3v) is 7.12. The molecule has 0 saturated carbocycles. The maximum Gasteiger partial charge on any atom is 0.278 e. The summed E-state index contributed by atoms with van der Waals surface area (Å²) < 4.78 is 30.3. The van der Waals surface area contributed by atoms with Crippen LogP contribution in [-0.4, -0.2) is 85.3 Å². The first kappa shape index (κ1) is 27.3. The SMILES string of the molecule is C.CN1CCN(CCN(C)SN(Cc2ccc(C3=NN=C(C(F)F)C3)cc2)c2ccccc2)CC1. The van der Waals surface area contributed by atoms with Crippen molar-refractivity contribution in [1.29, 1.82) is 0 Å². The van der Waals surface area contributed by atoms with Crippen LogP contribution in [0.3, 0.4) is 0 Å². The Bertz CT molecular complexity index is 975. The maximum absolute atomic E-state index is 12.9. The van der Waals surface area contributed by atoms with Crippen LogP contribution in [0.5, 0.6) is 0 Å². The van der Waals surface area contributed by atoms with E-state index in [1.54, 1.807) is 12.1 Å². The lowest BCUT2D eigenvalue weighted by molar-refractivity contribution is 0.150. The van der Waals surface area contributed by atoms with Crippen molar-refractivity contribution in [2.45, 2.75) is 26.8 Å². The first-order valence-electron chi connectivity index (χ1n) is 11.6. The molecule has 1 saturated heterocycles. The highest BCUT2D eigenvalue weighted by atomic mass is 32.2. The van der Waals surface area contributed by atoms with Gasteiger partial charge >= 0.3 is 0 Å². The van der Waals surface area contributed by atoms with Crippen LogP contribution < -0.4 is 4.31 Å². The van der Waals surface area contributed by atoms with Crippen molar-refractivity contribution in [3.8, 4) is 0 Å². The van der Waals surface area contributed by atoms with E-state index in [-0.39, 0.29) is 19.6 Å². The molecule has 6 nitrogen and oxygen atoms in total. The number of alkyl halides is 2. The minimum absolute atomic E-state index is 0. The Hall–Kier alpha value is -2.33. The molecule has 0 unspecified atom stereocenters. The average molecular weight is 503 g/mol. The number of para-hydroxylation sites is 1. The minimum Gasteiger partial charge on any atom is -0.304 e. The summed E-state index contributed by atoms with van der Waals surface area (Å²) in [5.74, 6) is 0. The molecule has 0 N–H and O–H groups in total. The number of hydrogen-bond donors (Lipinski definition) is 0. The van der Waals surface area contributed by atoms with Crippen LogP contribution in [0.15, 0.2) is 64.8 Å². The van der Waals surface area contributed by atoms with Crippen LogP contribution in [0.4, 0.5) is 14.5 Å². The fourth-order valence-corrected chi connectivity index (χ4v) is 4.86. The maximum atomic E-state index is 12.9. The van der Waals surface area contributed by atoms with Gasteiger partial charge in [-0.3, -0.25) is 9.21 Å². The molecule has 0 amide bonds. The number of hydrogen-bond acceptors (Lipinski definition) is 7. The molecule has 2 aliphatic heterocycles. The fourth-order valence-electron chi connectivity index (χ4n) is 3.94. The molecular weight excluding hydrogens is 466 g/mol. The molecule has 0 aromatic heterocycles. The number of nitrogens with zero attached hydrogens (tertiary/aromatic N) is 6. The van der Waals surface area contributed by atoms with Crippen molar-refractivity contribution in [1.82, 2.24) is 14.1 Å². The summed E-state index contributed by atoms with van der Waals surface area (Å²) in [6.45, 7) is 7.26. The third kappa shape index (κ3) is 7.83. The van der Waals surface area contributed by atoms with E-state index in [0.717, 1.165) is 62.6 Å². The van der Waals surface area contributed by atoms with Crippen LogP contribution in [0.25, 0.3) is 0 Å². The molecule has 190 valence electrons. The number of anilines is 1. The molecule has 35 heavy (non-hydrogen) atoms. The quantitative estimate of drug-likeness (QED) is 0.433. The van der Waals surface area contributed by atoms with Gasteiger partial charge in [0.25, 0.3) is 6.43 Å². The first-order chi connectivity index (χ1) is 16.5. The van der Waals surface area contributed by atoms with E-state index in [2.05, 4.69) is 67.0 Å². The highest BCUT2D eigenvalue weighted by molar-refractivity contribution is 7.98. The van der Waals surface area contributed by atoms with Crippen molar-refractivity contribution in [2.75, 3.05) is 57.7 Å². The second-order valence-electron chi connectivity index (χ2n) is 8.76. The summed E-state index contributed by atoms with van der Waals surface area (Å²) in [5, 5.41) is 7.57. The average Bonchev–Trinajstić information content (AvgIpc) is 3.35. The van der Waals surface area contributed by atoms with E-state index >= 15 is 0 Å². The first-order valence-corrected chi connectivity index (χ1v) is 12.3. The van der Waals surface area contributed by atoms with E-state index in [0.29, 0.717) is 5.71 Å². The van der Waals surface area contributed by atoms with Gasteiger partial charge in [0.15, 0.2) is 0 Å². The lowest BCUT2D eigenvalue weighted by Crippen LogP contribution is -2.46. The lowest BCUT2D eigenvalue weighted by Gasteiger charge is -2.34. The van der Waals surface area contributed by atoms with Crippen LogP contribution in [0.2, 0.25) is 0 Å². The van der Waals surface area contributed by atoms with Gasteiger partial charge in [-0.15, -0.1) is 0 Å². The minimum atomic E-state index is -2.55. The fraction of sp³-hybridized carbons (Fsp3) is 0.462. The monoisotopic (exact) mass is 502 g/mol. The zero-order valence-electron chi connectivity index (χ0n) is 19.8. The third-order valence-electron chi connectivity index (χ3n) is 6.12. The predicted molar refractivity (Wildman–Crippen MR) is 145 cm³/mol. The molecule has 2 aromatic carbocycles. The van der Waals surface area contributed by atoms with Gasteiger partial charge in [-0.05, 0) is 37.4 Å². The van der Waals surface area contributed by atoms with Crippen molar-refractivity contribution >= 4 is 29.2 Å². The molecule has 2 heterocycles. The highest BCUT2D eigenvalue weighted by Crippen LogP contribution is 2.27. The van der Waals surface area contributed by atoms with E-state index in [9.17, 15) is 8.78 Å². The summed E-state index contributed by atoms with van der Waals surface area (Å²) in [6, 6.07) is 18.3. The number of rotatable bonds is 10. The van der Waals surface area contributed by atoms with Gasteiger partial charge in [-0.2, -0.15) is 10.2 Å². The van der Waals surface area contributed by atoms with Gasteiger partial charge < -0.3 is 4.90 Å². The Morgan fingerprint density at radius 1 is 0.971 bits per heavy atom. The Morgan fingerprint density at radius 3 is 2.29 bits per heavy atom. The second kappa shape index (κ2) is 13.1. The van der Waals surface area contributed by atoms with E-state index < -0.39 is 6.43 Å². The van der Waals surface area contributed by atoms with Gasteiger partial charge in [0.2, 0.25) is 0 Å². The van der Waals surface area contributed by atoms with E-state index in [1.807, 2.05) is 30.3 Å². The molecule has 9 heteroatoms. The normalized spacial score (nSPS) is 16.9. The number of halogens is 2. The topological polar surface area (TPSA) is 37.7 Å². The van der Waals surface area contributed by atoms with E-state index in [1.165, 1.54) is 0 Å². The number of benzene rings is 2. The van der Waals surface area contributed by atoms with Crippen molar-refractivity contribution in [2.24, 2.45) is 10.2 Å². The Labute approximate surface area is 212 Å². The zero-order valence-corrected chi connectivity index (χ0v) is 20.6. The van der Waals surface area contributed by atoms with Gasteiger partial charge in [0.1, 0.15) is 5.71 Å². The van der Waals surface area contributed by atoms with Crippen LogP contribution in [-0.2, 0) is 6.54 Å². The second-order valence-corrected chi connectivity index (χ2v) is 9.99. The summed E-state index contributed by atoms with van der Waals surface area (Å²) in [7, 11) is 4.32. The van der Waals surface area contributed by atoms with E-state index in [4.69, 9.17) is 0 Å². The van der Waals surface area contributed by atoms with Gasteiger partial charge in [0, 0.05) is 63.5 Å². The standard InChI is InChI=1S/C25H32F2N6S.CH4/c1-30-12-15-32(16-13-30)17-14-31(2)34-33(22-6-4-3-5-7-22)19-20-8-10-21(11-9-20)23-18-24(25(26)27)29-28-23;/h3-11,25H,12-19H2,1-2H3;1H4. The number of piperazine rings is 1. The summed E-state index contributed by atoms with van der Waals surface area (Å²) in [4.78, 5) is 4.90. The Morgan fingerprint density at radius 2 is 1.66 bits per heavy atom. The molecule has 2 aromatic rings. The zero-order chi connectivity index (χ0) is 23.9. The molecular formula is C26H36F2N6S. The molecule has 0 bridgehead atoms. The lowest BCUT2D eigenvalue weighted by atomic mass is 10.0. The van der Waals surface area contributed by atoms with Crippen molar-refractivity contribution in [3.05, 3.63) is 65.7 Å². The summed E-state index contributed by atoms with van der Waals surface area (Å²) in [6.07, 6.45) is -2.44. The molecule has 0 spiro atoms. The van der Waals surface area contributed by atoms with Gasteiger partial charge in [0.05, 0.1) is 12.3 Å². The molecule has 2 aliphatic rings. The molecule has 0 atom stereocenters. The van der Waals surface area contributed by atoms with Crippen LogP contribution in [0, 0.1) is 0 Å². The Balaban J connectivity index is 0.00000342. The summed E-state index contributed by atoms with van der Waals surface area (Å²) in [5.41, 5.74) is 3.55. The van der Waals surface area contributed by atoms with Crippen LogP contribution in [0.1, 0.15) is 25.0 Å². The summed E-state index contributed by atoms with van der Waals surface area (Å²) >= 11 is 1.72. The highest BCUT2D eigenvalue weighted by Gasteiger charge is 2.22. The van der Waals surface area contributed by atoms with Crippen molar-refractivity contribution < 1.29 is 8.78 Å². The molecule has 1 fully saturated rings.